The van der Waals surface area contributed by atoms with E-state index in [4.69, 9.17) is 15.3 Å². The standard InChI is InChI=1S/C16H21BrN2O2/c17-11-5-9-3-4-20-16(9)10(6-11)7-14(19-18)13-8-12-1-2-15(13)21-12/h5-6,12-15,19H,1-4,7-8,18H2. The molecule has 0 aromatic heterocycles. The van der Waals surface area contributed by atoms with Gasteiger partial charge in [-0.3, -0.25) is 11.3 Å². The van der Waals surface area contributed by atoms with Crippen molar-refractivity contribution >= 4 is 15.9 Å². The molecular weight excluding hydrogens is 332 g/mol. The quantitative estimate of drug-likeness (QED) is 0.644. The Hall–Kier alpha value is -0.620. The molecule has 0 amide bonds. The Morgan fingerprint density at radius 2 is 2.29 bits per heavy atom. The highest BCUT2D eigenvalue weighted by molar-refractivity contribution is 9.10. The Kier molecular flexibility index (Phi) is 3.69. The van der Waals surface area contributed by atoms with Crippen molar-refractivity contribution in [2.45, 2.75) is 50.4 Å². The summed E-state index contributed by atoms with van der Waals surface area (Å²) in [5.74, 6) is 7.45. The van der Waals surface area contributed by atoms with Crippen molar-refractivity contribution in [2.75, 3.05) is 6.61 Å². The highest BCUT2D eigenvalue weighted by Gasteiger charge is 2.44. The summed E-state index contributed by atoms with van der Waals surface area (Å²) in [5, 5.41) is 0. The molecule has 2 saturated heterocycles. The second-order valence-electron chi connectivity index (χ2n) is 6.40. The van der Waals surface area contributed by atoms with Crippen molar-refractivity contribution in [3.63, 3.8) is 0 Å². The topological polar surface area (TPSA) is 56.5 Å². The molecule has 0 radical (unpaired) electrons. The van der Waals surface area contributed by atoms with Crippen LogP contribution in [-0.4, -0.2) is 24.9 Å². The van der Waals surface area contributed by atoms with Gasteiger partial charge < -0.3 is 9.47 Å². The molecule has 3 aliphatic rings. The molecule has 114 valence electrons. The number of hydrogen-bond donors (Lipinski definition) is 2. The number of rotatable bonds is 4. The first-order valence-electron chi connectivity index (χ1n) is 7.80. The maximum absolute atomic E-state index is 5.99. The van der Waals surface area contributed by atoms with Crippen molar-refractivity contribution in [1.82, 2.24) is 5.43 Å². The van der Waals surface area contributed by atoms with Crippen LogP contribution in [0, 0.1) is 5.92 Å². The Labute approximate surface area is 133 Å². The van der Waals surface area contributed by atoms with Crippen molar-refractivity contribution < 1.29 is 9.47 Å². The fourth-order valence-corrected chi connectivity index (χ4v) is 4.72. The van der Waals surface area contributed by atoms with Gasteiger partial charge in [-0.15, -0.1) is 0 Å². The number of nitrogens with two attached hydrogens (primary N) is 1. The third-order valence-electron chi connectivity index (χ3n) is 5.15. The smallest absolute Gasteiger partial charge is 0.125 e. The van der Waals surface area contributed by atoms with E-state index in [2.05, 4.69) is 33.5 Å². The first-order valence-corrected chi connectivity index (χ1v) is 8.59. The first-order chi connectivity index (χ1) is 10.2. The Morgan fingerprint density at radius 3 is 3.00 bits per heavy atom. The highest BCUT2D eigenvalue weighted by Crippen LogP contribution is 2.42. The van der Waals surface area contributed by atoms with Crippen molar-refractivity contribution in [3.05, 3.63) is 27.7 Å². The van der Waals surface area contributed by atoms with Gasteiger partial charge in [-0.05, 0) is 48.9 Å². The molecule has 2 bridgehead atoms. The number of hydrogen-bond acceptors (Lipinski definition) is 4. The van der Waals surface area contributed by atoms with Gasteiger partial charge in [0.1, 0.15) is 5.75 Å². The third-order valence-corrected chi connectivity index (χ3v) is 5.61. The summed E-state index contributed by atoms with van der Waals surface area (Å²) >= 11 is 3.61. The van der Waals surface area contributed by atoms with Crippen molar-refractivity contribution in [2.24, 2.45) is 11.8 Å². The number of benzene rings is 1. The summed E-state index contributed by atoms with van der Waals surface area (Å²) in [7, 11) is 0. The molecule has 1 aromatic rings. The minimum atomic E-state index is 0.253. The number of nitrogens with one attached hydrogen (secondary N) is 1. The molecule has 3 N–H and O–H groups in total. The molecule has 4 unspecified atom stereocenters. The van der Waals surface area contributed by atoms with E-state index in [1.165, 1.54) is 24.0 Å². The minimum Gasteiger partial charge on any atom is -0.493 e. The molecule has 0 spiro atoms. The van der Waals surface area contributed by atoms with Crippen molar-refractivity contribution in [1.29, 1.82) is 0 Å². The lowest BCUT2D eigenvalue weighted by molar-refractivity contribution is 0.0856. The van der Waals surface area contributed by atoms with E-state index in [9.17, 15) is 0 Å². The van der Waals surface area contributed by atoms with Crippen molar-refractivity contribution in [3.8, 4) is 5.75 Å². The zero-order valence-corrected chi connectivity index (χ0v) is 13.6. The zero-order chi connectivity index (χ0) is 14.4. The highest BCUT2D eigenvalue weighted by atomic mass is 79.9. The normalized spacial score (nSPS) is 31.2. The predicted molar refractivity (Wildman–Crippen MR) is 84.2 cm³/mol. The van der Waals surface area contributed by atoms with Gasteiger partial charge in [-0.25, -0.2) is 0 Å². The van der Waals surface area contributed by atoms with E-state index in [1.807, 2.05) is 0 Å². The third kappa shape index (κ3) is 2.50. The van der Waals surface area contributed by atoms with Crippen LogP contribution in [-0.2, 0) is 17.6 Å². The SMILES string of the molecule is NNC(Cc1cc(Br)cc2c1OCC2)C1CC2CCC1O2. The first kappa shape index (κ1) is 14.0. The lowest BCUT2D eigenvalue weighted by Gasteiger charge is -2.28. The summed E-state index contributed by atoms with van der Waals surface area (Å²) in [6, 6.07) is 4.59. The zero-order valence-electron chi connectivity index (χ0n) is 12.0. The molecule has 3 aliphatic heterocycles. The van der Waals surface area contributed by atoms with Gasteiger partial charge in [0.05, 0.1) is 18.8 Å². The molecule has 5 heteroatoms. The second-order valence-corrected chi connectivity index (χ2v) is 7.32. The molecule has 4 atom stereocenters. The monoisotopic (exact) mass is 352 g/mol. The van der Waals surface area contributed by atoms with Crippen LogP contribution in [0.2, 0.25) is 0 Å². The van der Waals surface area contributed by atoms with Crippen LogP contribution in [0.5, 0.6) is 5.75 Å². The van der Waals surface area contributed by atoms with Gasteiger partial charge in [0.15, 0.2) is 0 Å². The Bertz CT molecular complexity index is 551. The molecule has 0 aliphatic carbocycles. The van der Waals surface area contributed by atoms with Crippen LogP contribution < -0.4 is 16.0 Å². The van der Waals surface area contributed by atoms with Gasteiger partial charge in [0.2, 0.25) is 0 Å². The van der Waals surface area contributed by atoms with E-state index in [0.717, 1.165) is 36.1 Å². The van der Waals surface area contributed by atoms with Gasteiger partial charge in [0, 0.05) is 22.9 Å². The van der Waals surface area contributed by atoms with Gasteiger partial charge >= 0.3 is 0 Å². The molecule has 4 nitrogen and oxygen atoms in total. The second kappa shape index (κ2) is 5.54. The molecular formula is C16H21BrN2O2. The minimum absolute atomic E-state index is 0.253. The van der Waals surface area contributed by atoms with Crippen LogP contribution in [0.3, 0.4) is 0 Å². The van der Waals surface area contributed by atoms with E-state index >= 15 is 0 Å². The average Bonchev–Trinajstić information content (AvgIpc) is 3.19. The molecule has 21 heavy (non-hydrogen) atoms. The van der Waals surface area contributed by atoms with Crippen LogP contribution in [0.25, 0.3) is 0 Å². The predicted octanol–water partition coefficient (Wildman–Crippen LogP) is 2.33. The summed E-state index contributed by atoms with van der Waals surface area (Å²) in [4.78, 5) is 0. The summed E-state index contributed by atoms with van der Waals surface area (Å²) < 4.78 is 12.9. The summed E-state index contributed by atoms with van der Waals surface area (Å²) in [6.07, 6.45) is 6.28. The number of fused-ring (bicyclic) bond motifs is 3. The largest absolute Gasteiger partial charge is 0.493 e. The Balaban J connectivity index is 1.57. The van der Waals surface area contributed by atoms with Crippen LogP contribution in [0.4, 0.5) is 0 Å². The summed E-state index contributed by atoms with van der Waals surface area (Å²) in [5.41, 5.74) is 5.59. The van der Waals surface area contributed by atoms with E-state index in [0.29, 0.717) is 18.1 Å². The molecule has 2 fully saturated rings. The van der Waals surface area contributed by atoms with Crippen LogP contribution in [0.15, 0.2) is 16.6 Å². The van der Waals surface area contributed by atoms with Gasteiger partial charge in [-0.1, -0.05) is 15.9 Å². The van der Waals surface area contributed by atoms with Gasteiger partial charge in [0.25, 0.3) is 0 Å². The lowest BCUT2D eigenvalue weighted by Crippen LogP contribution is -2.45. The van der Waals surface area contributed by atoms with E-state index in [1.54, 1.807) is 0 Å². The molecule has 1 aromatic carbocycles. The fraction of sp³-hybridized carbons (Fsp3) is 0.625. The van der Waals surface area contributed by atoms with E-state index in [-0.39, 0.29) is 6.04 Å². The maximum atomic E-state index is 5.99. The summed E-state index contributed by atoms with van der Waals surface area (Å²) in [6.45, 7) is 0.788. The number of ether oxygens (including phenoxy) is 2. The van der Waals surface area contributed by atoms with Crippen LogP contribution in [0.1, 0.15) is 30.4 Å². The average molecular weight is 353 g/mol. The fourth-order valence-electron chi connectivity index (χ4n) is 4.17. The Morgan fingerprint density at radius 1 is 1.38 bits per heavy atom. The maximum Gasteiger partial charge on any atom is 0.125 e. The number of hydrazine groups is 1. The lowest BCUT2D eigenvalue weighted by atomic mass is 9.81. The molecule has 0 saturated carbocycles. The molecule has 4 rings (SSSR count). The number of halogens is 1. The van der Waals surface area contributed by atoms with Crippen LogP contribution >= 0.6 is 15.9 Å². The van der Waals surface area contributed by atoms with Gasteiger partial charge in [-0.2, -0.15) is 0 Å². The molecule has 3 heterocycles. The van der Waals surface area contributed by atoms with E-state index < -0.39 is 0 Å².